The number of hydrogen-bond donors (Lipinski definition) is 0. The Morgan fingerprint density at radius 1 is 1.11 bits per heavy atom. The molecule has 18 heavy (non-hydrogen) atoms. The number of furan rings is 1. The zero-order valence-electron chi connectivity index (χ0n) is 10.6. The van der Waals surface area contributed by atoms with E-state index in [4.69, 9.17) is 25.5 Å². The number of halogens is 1. The molecule has 0 bridgehead atoms. The largest absolute Gasteiger partial charge is 0.493 e. The molecule has 4 heteroatoms. The molecule has 1 aromatic carbocycles. The van der Waals surface area contributed by atoms with Crippen molar-refractivity contribution >= 4 is 11.6 Å². The summed E-state index contributed by atoms with van der Waals surface area (Å²) in [6, 6.07) is 7.52. The van der Waals surface area contributed by atoms with Crippen molar-refractivity contribution in [1.29, 1.82) is 0 Å². The van der Waals surface area contributed by atoms with E-state index in [-0.39, 0.29) is 5.38 Å². The summed E-state index contributed by atoms with van der Waals surface area (Å²) in [5.74, 6) is 2.18. The third-order valence-corrected chi connectivity index (χ3v) is 3.36. The zero-order valence-corrected chi connectivity index (χ0v) is 11.3. The minimum atomic E-state index is -0.261. The Hall–Kier alpha value is -1.61. The van der Waals surface area contributed by atoms with Gasteiger partial charge in [-0.2, -0.15) is 0 Å². The fourth-order valence-corrected chi connectivity index (χ4v) is 2.21. The van der Waals surface area contributed by atoms with Gasteiger partial charge in [-0.25, -0.2) is 0 Å². The van der Waals surface area contributed by atoms with Gasteiger partial charge in [0.1, 0.15) is 5.76 Å². The molecule has 0 amide bonds. The molecule has 0 aliphatic heterocycles. The van der Waals surface area contributed by atoms with Crippen LogP contribution in [0.2, 0.25) is 0 Å². The van der Waals surface area contributed by atoms with Crippen LogP contribution in [-0.4, -0.2) is 14.2 Å². The van der Waals surface area contributed by atoms with Crippen LogP contribution in [0.4, 0.5) is 0 Å². The van der Waals surface area contributed by atoms with Crippen LogP contribution in [0, 0.1) is 6.92 Å². The minimum Gasteiger partial charge on any atom is -0.493 e. The lowest BCUT2D eigenvalue weighted by Crippen LogP contribution is -1.96. The van der Waals surface area contributed by atoms with Gasteiger partial charge in [0, 0.05) is 5.56 Å². The van der Waals surface area contributed by atoms with Crippen molar-refractivity contribution in [3.05, 3.63) is 47.4 Å². The first kappa shape index (κ1) is 12.8. The van der Waals surface area contributed by atoms with Crippen LogP contribution in [0.3, 0.4) is 0 Å². The monoisotopic (exact) mass is 266 g/mol. The molecule has 1 heterocycles. The number of hydrogen-bond acceptors (Lipinski definition) is 3. The molecule has 96 valence electrons. The first-order valence-electron chi connectivity index (χ1n) is 5.57. The third kappa shape index (κ3) is 2.31. The lowest BCUT2D eigenvalue weighted by Gasteiger charge is -2.13. The summed E-state index contributed by atoms with van der Waals surface area (Å²) in [6.07, 6.45) is 1.64. The van der Waals surface area contributed by atoms with Gasteiger partial charge in [0.2, 0.25) is 0 Å². The van der Waals surface area contributed by atoms with Crippen LogP contribution in [0.15, 0.2) is 34.9 Å². The molecule has 0 spiro atoms. The summed E-state index contributed by atoms with van der Waals surface area (Å²) in [6.45, 7) is 1.89. The van der Waals surface area contributed by atoms with E-state index in [1.165, 1.54) is 0 Å². The zero-order chi connectivity index (χ0) is 13.1. The van der Waals surface area contributed by atoms with E-state index in [1.807, 2.05) is 31.2 Å². The first-order valence-corrected chi connectivity index (χ1v) is 6.01. The number of benzene rings is 1. The predicted octanol–water partition coefficient (Wildman–Crippen LogP) is 3.93. The van der Waals surface area contributed by atoms with Crippen LogP contribution in [0.25, 0.3) is 0 Å². The Morgan fingerprint density at radius 2 is 1.83 bits per heavy atom. The molecule has 2 rings (SSSR count). The maximum Gasteiger partial charge on any atom is 0.161 e. The van der Waals surface area contributed by atoms with Crippen LogP contribution in [-0.2, 0) is 0 Å². The Bertz CT molecular complexity index is 534. The Labute approximate surface area is 111 Å². The van der Waals surface area contributed by atoms with Crippen LogP contribution in [0.5, 0.6) is 11.5 Å². The molecule has 0 saturated carbocycles. The maximum absolute atomic E-state index is 6.45. The summed E-state index contributed by atoms with van der Waals surface area (Å²) >= 11 is 6.45. The van der Waals surface area contributed by atoms with Crippen molar-refractivity contribution in [2.45, 2.75) is 12.3 Å². The first-order chi connectivity index (χ1) is 8.67. The lowest BCUT2D eigenvalue weighted by molar-refractivity contribution is 0.354. The van der Waals surface area contributed by atoms with E-state index in [2.05, 4.69) is 0 Å². The summed E-state index contributed by atoms with van der Waals surface area (Å²) in [5, 5.41) is -0.261. The molecule has 0 aliphatic rings. The van der Waals surface area contributed by atoms with E-state index in [1.54, 1.807) is 20.5 Å². The van der Waals surface area contributed by atoms with Crippen LogP contribution < -0.4 is 9.47 Å². The van der Waals surface area contributed by atoms with Gasteiger partial charge in [0.05, 0.1) is 25.9 Å². The van der Waals surface area contributed by atoms with E-state index in [0.29, 0.717) is 11.5 Å². The average Bonchev–Trinajstić information content (AvgIpc) is 2.83. The Balaban J connectivity index is 2.37. The van der Waals surface area contributed by atoms with Crippen molar-refractivity contribution in [3.63, 3.8) is 0 Å². The van der Waals surface area contributed by atoms with Gasteiger partial charge in [-0.3, -0.25) is 0 Å². The molecule has 3 nitrogen and oxygen atoms in total. The number of ether oxygens (including phenoxy) is 2. The molecule has 1 unspecified atom stereocenters. The summed E-state index contributed by atoms with van der Waals surface area (Å²) in [5.41, 5.74) is 1.91. The molecular formula is C14H15ClO3. The van der Waals surface area contributed by atoms with Gasteiger partial charge < -0.3 is 13.9 Å². The van der Waals surface area contributed by atoms with Gasteiger partial charge in [-0.1, -0.05) is 6.07 Å². The molecule has 0 aliphatic carbocycles. The number of aryl methyl sites for hydroxylation is 1. The summed E-state index contributed by atoms with van der Waals surface area (Å²) in [4.78, 5) is 0. The van der Waals surface area contributed by atoms with Gasteiger partial charge >= 0.3 is 0 Å². The molecule has 0 fully saturated rings. The van der Waals surface area contributed by atoms with Gasteiger partial charge in [0.15, 0.2) is 11.5 Å². The Kier molecular flexibility index (Phi) is 3.82. The van der Waals surface area contributed by atoms with Crippen LogP contribution in [0.1, 0.15) is 22.3 Å². The molecule has 1 atom stereocenters. The normalized spacial score (nSPS) is 12.2. The van der Waals surface area contributed by atoms with Crippen molar-refractivity contribution < 1.29 is 13.9 Å². The average molecular weight is 267 g/mol. The summed E-state index contributed by atoms with van der Waals surface area (Å²) < 4.78 is 15.7. The predicted molar refractivity (Wildman–Crippen MR) is 70.7 cm³/mol. The van der Waals surface area contributed by atoms with E-state index < -0.39 is 0 Å². The van der Waals surface area contributed by atoms with E-state index in [9.17, 15) is 0 Å². The molecule has 0 saturated heterocycles. The third-order valence-electron chi connectivity index (χ3n) is 2.87. The van der Waals surface area contributed by atoms with Gasteiger partial charge in [-0.05, 0) is 30.7 Å². The highest BCUT2D eigenvalue weighted by molar-refractivity contribution is 6.22. The highest BCUT2D eigenvalue weighted by Crippen LogP contribution is 2.36. The topological polar surface area (TPSA) is 31.6 Å². The van der Waals surface area contributed by atoms with Crippen molar-refractivity contribution in [1.82, 2.24) is 0 Å². The number of rotatable bonds is 4. The van der Waals surface area contributed by atoms with E-state index in [0.717, 1.165) is 16.9 Å². The van der Waals surface area contributed by atoms with Crippen molar-refractivity contribution in [2.24, 2.45) is 0 Å². The highest BCUT2D eigenvalue weighted by atomic mass is 35.5. The molecular weight excluding hydrogens is 252 g/mol. The number of methoxy groups -OCH3 is 2. The number of alkyl halides is 1. The fraction of sp³-hybridized carbons (Fsp3) is 0.286. The van der Waals surface area contributed by atoms with E-state index >= 15 is 0 Å². The Morgan fingerprint density at radius 3 is 2.39 bits per heavy atom. The van der Waals surface area contributed by atoms with Crippen molar-refractivity contribution in [2.75, 3.05) is 14.2 Å². The lowest BCUT2D eigenvalue weighted by atomic mass is 10.0. The minimum absolute atomic E-state index is 0.261. The molecule has 2 aromatic rings. The molecule has 1 aromatic heterocycles. The fourth-order valence-electron chi connectivity index (χ4n) is 1.85. The smallest absolute Gasteiger partial charge is 0.161 e. The molecule has 0 radical (unpaired) electrons. The second-order valence-electron chi connectivity index (χ2n) is 3.91. The molecule has 0 N–H and O–H groups in total. The van der Waals surface area contributed by atoms with Gasteiger partial charge in [-0.15, -0.1) is 11.6 Å². The van der Waals surface area contributed by atoms with Gasteiger partial charge in [0.25, 0.3) is 0 Å². The maximum atomic E-state index is 6.45. The van der Waals surface area contributed by atoms with Crippen LogP contribution >= 0.6 is 11.6 Å². The second-order valence-corrected chi connectivity index (χ2v) is 4.35. The standard InChI is InChI=1S/C14H15ClO3/c1-9-11(6-7-18-9)14(15)10-4-5-12(16-2)13(8-10)17-3/h4-8,14H,1-3H3. The summed E-state index contributed by atoms with van der Waals surface area (Å²) in [7, 11) is 3.21. The van der Waals surface area contributed by atoms with Crippen molar-refractivity contribution in [3.8, 4) is 11.5 Å². The SMILES string of the molecule is COc1ccc(C(Cl)c2ccoc2C)cc1OC. The highest BCUT2D eigenvalue weighted by Gasteiger charge is 2.17. The second kappa shape index (κ2) is 5.36. The quantitative estimate of drug-likeness (QED) is 0.786.